The largest absolute Gasteiger partial charge is 0.493 e. The van der Waals surface area contributed by atoms with E-state index >= 15 is 0 Å². The second-order valence-electron chi connectivity index (χ2n) is 4.41. The second kappa shape index (κ2) is 5.54. The Morgan fingerprint density at radius 2 is 2.12 bits per heavy atom. The molecule has 0 atom stereocenters. The molecule has 1 aliphatic rings. The predicted octanol–water partition coefficient (Wildman–Crippen LogP) is 3.72. The van der Waals surface area contributed by atoms with Crippen LogP contribution in [0.2, 0.25) is 0 Å². The molecule has 0 amide bonds. The monoisotopic (exact) mass is 298 g/mol. The molecule has 0 radical (unpaired) electrons. The molecule has 0 bridgehead atoms. The second-order valence-corrected chi connectivity index (χ2v) is 5.26. The van der Waals surface area contributed by atoms with E-state index in [1.165, 1.54) is 25.7 Å². The molecule has 0 heterocycles. The maximum atomic E-state index is 10.8. The first kappa shape index (κ1) is 12.4. The SMILES string of the molecule is O=C(O)c1ccc(OCC2CCCC2)cc1Br. The Bertz CT molecular complexity index is 411. The average molecular weight is 299 g/mol. The molecule has 2 rings (SSSR count). The Balaban J connectivity index is 1.97. The van der Waals surface area contributed by atoms with E-state index in [1.807, 2.05) is 0 Å². The molecule has 92 valence electrons. The fourth-order valence-electron chi connectivity index (χ4n) is 2.15. The number of carboxylic acids is 1. The molecule has 0 spiro atoms. The molecule has 1 aromatic carbocycles. The van der Waals surface area contributed by atoms with Gasteiger partial charge in [-0.2, -0.15) is 0 Å². The minimum Gasteiger partial charge on any atom is -0.493 e. The fraction of sp³-hybridized carbons (Fsp3) is 0.462. The van der Waals surface area contributed by atoms with E-state index in [-0.39, 0.29) is 5.56 Å². The van der Waals surface area contributed by atoms with Crippen LogP contribution in [0.1, 0.15) is 36.0 Å². The molecule has 0 aromatic heterocycles. The first-order valence-electron chi connectivity index (χ1n) is 5.82. The van der Waals surface area contributed by atoms with Crippen LogP contribution >= 0.6 is 15.9 Å². The number of benzene rings is 1. The minimum absolute atomic E-state index is 0.262. The summed E-state index contributed by atoms with van der Waals surface area (Å²) in [6, 6.07) is 5.00. The number of halogens is 1. The summed E-state index contributed by atoms with van der Waals surface area (Å²) >= 11 is 3.24. The first-order valence-corrected chi connectivity index (χ1v) is 6.62. The lowest BCUT2D eigenvalue weighted by molar-refractivity contribution is 0.0696. The highest BCUT2D eigenvalue weighted by Crippen LogP contribution is 2.27. The topological polar surface area (TPSA) is 46.5 Å². The molecule has 1 aromatic rings. The number of carbonyl (C=O) groups is 1. The molecule has 1 aliphatic carbocycles. The highest BCUT2D eigenvalue weighted by atomic mass is 79.9. The van der Waals surface area contributed by atoms with Gasteiger partial charge in [-0.1, -0.05) is 12.8 Å². The van der Waals surface area contributed by atoms with Crippen LogP contribution < -0.4 is 4.74 Å². The number of carboxylic acid groups (broad SMARTS) is 1. The quantitative estimate of drug-likeness (QED) is 0.921. The summed E-state index contributed by atoms with van der Waals surface area (Å²) in [5, 5.41) is 8.89. The Labute approximate surface area is 109 Å². The van der Waals surface area contributed by atoms with Crippen LogP contribution in [0.4, 0.5) is 0 Å². The molecule has 4 heteroatoms. The van der Waals surface area contributed by atoms with Gasteiger partial charge in [0.1, 0.15) is 5.75 Å². The summed E-state index contributed by atoms with van der Waals surface area (Å²) < 4.78 is 6.25. The number of ether oxygens (including phenoxy) is 1. The Kier molecular flexibility index (Phi) is 4.05. The van der Waals surface area contributed by atoms with Crippen LogP contribution in [0.5, 0.6) is 5.75 Å². The van der Waals surface area contributed by atoms with Gasteiger partial charge in [0.2, 0.25) is 0 Å². The molecule has 3 nitrogen and oxygen atoms in total. The zero-order chi connectivity index (χ0) is 12.3. The van der Waals surface area contributed by atoms with Crippen LogP contribution in [0.15, 0.2) is 22.7 Å². The van der Waals surface area contributed by atoms with Crippen LogP contribution in [0.3, 0.4) is 0 Å². The molecular weight excluding hydrogens is 284 g/mol. The van der Waals surface area contributed by atoms with Crippen LogP contribution in [-0.4, -0.2) is 17.7 Å². The van der Waals surface area contributed by atoms with Crippen LogP contribution in [-0.2, 0) is 0 Å². The summed E-state index contributed by atoms with van der Waals surface area (Å²) in [5.41, 5.74) is 0.262. The van der Waals surface area contributed by atoms with Gasteiger partial charge in [-0.25, -0.2) is 4.79 Å². The number of hydrogen-bond donors (Lipinski definition) is 1. The summed E-state index contributed by atoms with van der Waals surface area (Å²) in [4.78, 5) is 10.8. The van der Waals surface area contributed by atoms with E-state index in [0.717, 1.165) is 12.4 Å². The van der Waals surface area contributed by atoms with E-state index < -0.39 is 5.97 Å². The van der Waals surface area contributed by atoms with Gasteiger partial charge >= 0.3 is 5.97 Å². The van der Waals surface area contributed by atoms with E-state index in [1.54, 1.807) is 18.2 Å². The third-order valence-electron chi connectivity index (χ3n) is 3.13. The van der Waals surface area contributed by atoms with Crippen molar-refractivity contribution in [1.29, 1.82) is 0 Å². The maximum Gasteiger partial charge on any atom is 0.336 e. The predicted molar refractivity (Wildman–Crippen MR) is 68.6 cm³/mol. The van der Waals surface area contributed by atoms with Gasteiger partial charge in [-0.05, 0) is 52.9 Å². The lowest BCUT2D eigenvalue weighted by atomic mass is 10.1. The third-order valence-corrected chi connectivity index (χ3v) is 3.79. The van der Waals surface area contributed by atoms with Crippen molar-refractivity contribution in [2.24, 2.45) is 5.92 Å². The van der Waals surface area contributed by atoms with Crippen molar-refractivity contribution in [2.45, 2.75) is 25.7 Å². The molecule has 1 saturated carbocycles. The first-order chi connectivity index (χ1) is 8.16. The highest BCUT2D eigenvalue weighted by Gasteiger charge is 2.16. The van der Waals surface area contributed by atoms with Gasteiger partial charge in [-0.15, -0.1) is 0 Å². The minimum atomic E-state index is -0.931. The summed E-state index contributed by atoms with van der Waals surface area (Å²) in [7, 11) is 0. The average Bonchev–Trinajstić information content (AvgIpc) is 2.78. The van der Waals surface area contributed by atoms with Crippen molar-refractivity contribution in [1.82, 2.24) is 0 Å². The lowest BCUT2D eigenvalue weighted by Gasteiger charge is -2.12. The number of hydrogen-bond acceptors (Lipinski definition) is 2. The summed E-state index contributed by atoms with van der Waals surface area (Å²) in [5.74, 6) is 0.459. The molecule has 1 fully saturated rings. The van der Waals surface area contributed by atoms with Gasteiger partial charge in [0.15, 0.2) is 0 Å². The van der Waals surface area contributed by atoms with E-state index in [4.69, 9.17) is 9.84 Å². The van der Waals surface area contributed by atoms with Gasteiger partial charge < -0.3 is 9.84 Å². The van der Waals surface area contributed by atoms with Crippen molar-refractivity contribution < 1.29 is 14.6 Å². The van der Waals surface area contributed by atoms with Crippen molar-refractivity contribution in [3.63, 3.8) is 0 Å². The normalized spacial score (nSPS) is 16.1. The highest BCUT2D eigenvalue weighted by molar-refractivity contribution is 9.10. The zero-order valence-electron chi connectivity index (χ0n) is 9.49. The van der Waals surface area contributed by atoms with Gasteiger partial charge in [0.25, 0.3) is 0 Å². The number of aromatic carboxylic acids is 1. The van der Waals surface area contributed by atoms with E-state index in [0.29, 0.717) is 10.4 Å². The molecular formula is C13H15BrO3. The summed E-state index contributed by atoms with van der Waals surface area (Å²) in [6.45, 7) is 0.735. The van der Waals surface area contributed by atoms with Crippen molar-refractivity contribution in [3.8, 4) is 5.75 Å². The Morgan fingerprint density at radius 3 is 2.71 bits per heavy atom. The van der Waals surface area contributed by atoms with Crippen molar-refractivity contribution in [3.05, 3.63) is 28.2 Å². The maximum absolute atomic E-state index is 10.8. The Hall–Kier alpha value is -1.03. The standard InChI is InChI=1S/C13H15BrO3/c14-12-7-10(5-6-11(12)13(15)16)17-8-9-3-1-2-4-9/h5-7,9H,1-4,8H2,(H,15,16). The third kappa shape index (κ3) is 3.22. The molecule has 0 unspecified atom stereocenters. The lowest BCUT2D eigenvalue weighted by Crippen LogP contribution is -2.08. The smallest absolute Gasteiger partial charge is 0.336 e. The zero-order valence-corrected chi connectivity index (χ0v) is 11.1. The van der Waals surface area contributed by atoms with Crippen molar-refractivity contribution >= 4 is 21.9 Å². The van der Waals surface area contributed by atoms with Crippen LogP contribution in [0.25, 0.3) is 0 Å². The number of rotatable bonds is 4. The molecule has 1 N–H and O–H groups in total. The van der Waals surface area contributed by atoms with Crippen LogP contribution in [0, 0.1) is 5.92 Å². The van der Waals surface area contributed by atoms with Gasteiger partial charge in [0, 0.05) is 4.47 Å². The molecule has 0 saturated heterocycles. The molecule has 17 heavy (non-hydrogen) atoms. The molecule has 0 aliphatic heterocycles. The fourth-order valence-corrected chi connectivity index (χ4v) is 2.68. The summed E-state index contributed by atoms with van der Waals surface area (Å²) in [6.07, 6.45) is 5.09. The van der Waals surface area contributed by atoms with Gasteiger partial charge in [-0.3, -0.25) is 0 Å². The van der Waals surface area contributed by atoms with Gasteiger partial charge in [0.05, 0.1) is 12.2 Å². The van der Waals surface area contributed by atoms with Crippen molar-refractivity contribution in [2.75, 3.05) is 6.61 Å². The van der Waals surface area contributed by atoms with E-state index in [9.17, 15) is 4.79 Å². The Morgan fingerprint density at radius 1 is 1.41 bits per heavy atom. The van der Waals surface area contributed by atoms with E-state index in [2.05, 4.69) is 15.9 Å².